The Morgan fingerprint density at radius 3 is 2.96 bits per heavy atom. The maximum Gasteiger partial charge on any atom is 0.315 e. The number of carbonyl (C=O) groups excluding carboxylic acids is 1. The Morgan fingerprint density at radius 1 is 1.43 bits per heavy atom. The minimum absolute atomic E-state index is 0.193. The van der Waals surface area contributed by atoms with Crippen molar-refractivity contribution in [2.45, 2.75) is 51.6 Å². The van der Waals surface area contributed by atoms with E-state index in [1.807, 2.05) is 32.4 Å². The van der Waals surface area contributed by atoms with E-state index in [0.29, 0.717) is 6.54 Å². The second-order valence-electron chi connectivity index (χ2n) is 8.36. The van der Waals surface area contributed by atoms with E-state index in [9.17, 15) is 4.79 Å². The standard InChI is InChI=1S/C20H25N7O/c1-19(2,11-21)12-24-18(28)26-20(5-3-6-20)7-9-27-13-25-15-10-23-17-14(16(15)27)4-8-22-17/h4,8,10,13H,3,5-7,9,12H2,1-2H3,(H,22,23)(H2,24,26,28). The normalized spacial score (nSPS) is 15.9. The molecule has 4 rings (SSSR count). The Morgan fingerprint density at radius 2 is 2.25 bits per heavy atom. The number of hydrogen-bond donors (Lipinski definition) is 3. The van der Waals surface area contributed by atoms with Crippen molar-refractivity contribution in [3.05, 3.63) is 24.8 Å². The second-order valence-corrected chi connectivity index (χ2v) is 8.36. The van der Waals surface area contributed by atoms with Crippen LogP contribution < -0.4 is 10.6 Å². The maximum atomic E-state index is 12.4. The van der Waals surface area contributed by atoms with Crippen molar-refractivity contribution in [3.63, 3.8) is 0 Å². The molecular formula is C20H25N7O. The van der Waals surface area contributed by atoms with Gasteiger partial charge < -0.3 is 20.2 Å². The van der Waals surface area contributed by atoms with Crippen LogP contribution >= 0.6 is 0 Å². The lowest BCUT2D eigenvalue weighted by Crippen LogP contribution is -2.57. The molecule has 3 N–H and O–H groups in total. The zero-order valence-electron chi connectivity index (χ0n) is 16.2. The molecule has 1 saturated carbocycles. The van der Waals surface area contributed by atoms with Crippen molar-refractivity contribution in [2.24, 2.45) is 5.41 Å². The van der Waals surface area contributed by atoms with Gasteiger partial charge in [-0.15, -0.1) is 0 Å². The van der Waals surface area contributed by atoms with E-state index in [0.717, 1.165) is 54.3 Å². The van der Waals surface area contributed by atoms with E-state index >= 15 is 0 Å². The van der Waals surface area contributed by atoms with Crippen LogP contribution in [-0.2, 0) is 6.54 Å². The Kier molecular flexibility index (Phi) is 4.46. The molecule has 0 bridgehead atoms. The molecule has 1 aliphatic carbocycles. The Balaban J connectivity index is 1.45. The summed E-state index contributed by atoms with van der Waals surface area (Å²) in [5.74, 6) is 0. The smallest absolute Gasteiger partial charge is 0.315 e. The number of urea groups is 1. The Bertz CT molecular complexity index is 1050. The van der Waals surface area contributed by atoms with E-state index < -0.39 is 5.41 Å². The molecule has 1 aliphatic rings. The SMILES string of the molecule is CC(C)(C#N)CNC(=O)NC1(CCn2cnc3cnc4[nH]ccc4c32)CCC1. The van der Waals surface area contributed by atoms with Crippen molar-refractivity contribution in [2.75, 3.05) is 6.54 Å². The molecule has 3 aromatic rings. The van der Waals surface area contributed by atoms with Crippen molar-refractivity contribution in [3.8, 4) is 6.07 Å². The number of fused-ring (bicyclic) bond motifs is 3. The molecule has 0 spiro atoms. The molecule has 0 radical (unpaired) electrons. The van der Waals surface area contributed by atoms with Gasteiger partial charge in [-0.3, -0.25) is 0 Å². The fourth-order valence-corrected chi connectivity index (χ4v) is 3.74. The first-order chi connectivity index (χ1) is 13.4. The molecule has 8 nitrogen and oxygen atoms in total. The van der Waals surface area contributed by atoms with Crippen molar-refractivity contribution >= 4 is 28.1 Å². The van der Waals surface area contributed by atoms with Crippen LogP contribution in [0.1, 0.15) is 39.5 Å². The van der Waals surface area contributed by atoms with Crippen molar-refractivity contribution in [1.82, 2.24) is 30.2 Å². The molecule has 8 heteroatoms. The highest BCUT2D eigenvalue weighted by Crippen LogP contribution is 2.36. The molecule has 0 aliphatic heterocycles. The molecule has 28 heavy (non-hydrogen) atoms. The van der Waals surface area contributed by atoms with Gasteiger partial charge in [0.05, 0.1) is 29.5 Å². The lowest BCUT2D eigenvalue weighted by molar-refractivity contribution is 0.160. The van der Waals surface area contributed by atoms with Gasteiger partial charge in [0.25, 0.3) is 0 Å². The van der Waals surface area contributed by atoms with E-state index in [2.05, 4.69) is 36.2 Å². The highest BCUT2D eigenvalue weighted by atomic mass is 16.2. The van der Waals surface area contributed by atoms with Crippen LogP contribution in [0, 0.1) is 16.7 Å². The number of pyridine rings is 1. The summed E-state index contributed by atoms with van der Waals surface area (Å²) in [4.78, 5) is 24.4. The average Bonchev–Trinajstić information content (AvgIpc) is 3.28. The Hall–Kier alpha value is -3.08. The van der Waals surface area contributed by atoms with Crippen LogP contribution in [0.5, 0.6) is 0 Å². The third-order valence-electron chi connectivity index (χ3n) is 5.68. The lowest BCUT2D eigenvalue weighted by Gasteiger charge is -2.43. The molecule has 3 heterocycles. The molecule has 0 aromatic carbocycles. The quantitative estimate of drug-likeness (QED) is 0.611. The van der Waals surface area contributed by atoms with Crippen LogP contribution in [0.2, 0.25) is 0 Å². The number of rotatable bonds is 6. The maximum absolute atomic E-state index is 12.4. The minimum Gasteiger partial charge on any atom is -0.346 e. The van der Waals surface area contributed by atoms with E-state index in [1.165, 1.54) is 0 Å². The summed E-state index contributed by atoms with van der Waals surface area (Å²) in [6, 6.07) is 4.02. The first-order valence-electron chi connectivity index (χ1n) is 9.66. The van der Waals surface area contributed by atoms with Gasteiger partial charge in [0.2, 0.25) is 0 Å². The van der Waals surface area contributed by atoms with Crippen molar-refractivity contribution < 1.29 is 4.79 Å². The van der Waals surface area contributed by atoms with Crippen LogP contribution in [0.25, 0.3) is 22.1 Å². The Labute approximate surface area is 163 Å². The van der Waals surface area contributed by atoms with Gasteiger partial charge in [-0.25, -0.2) is 14.8 Å². The molecule has 146 valence electrons. The summed E-state index contributed by atoms with van der Waals surface area (Å²) in [7, 11) is 0. The first-order valence-corrected chi connectivity index (χ1v) is 9.66. The summed E-state index contributed by atoms with van der Waals surface area (Å²) in [6.07, 6.45) is 9.40. The van der Waals surface area contributed by atoms with Gasteiger partial charge in [0.15, 0.2) is 0 Å². The molecule has 0 unspecified atom stereocenters. The zero-order chi connectivity index (χ0) is 19.8. The highest BCUT2D eigenvalue weighted by molar-refractivity contribution is 6.00. The predicted molar refractivity (Wildman–Crippen MR) is 107 cm³/mol. The summed E-state index contributed by atoms with van der Waals surface area (Å²) in [5.41, 5.74) is 2.03. The molecule has 0 atom stereocenters. The number of amides is 2. The number of H-pyrrole nitrogens is 1. The third kappa shape index (κ3) is 3.40. The minimum atomic E-state index is -0.574. The number of aromatic nitrogens is 4. The molecule has 2 amide bonds. The topological polar surface area (TPSA) is 111 Å². The number of nitrogens with one attached hydrogen (secondary N) is 3. The summed E-state index contributed by atoms with van der Waals surface area (Å²) in [6.45, 7) is 4.72. The molecule has 1 fully saturated rings. The molecule has 3 aromatic heterocycles. The van der Waals surface area contributed by atoms with Gasteiger partial charge in [-0.2, -0.15) is 5.26 Å². The number of carbonyl (C=O) groups is 1. The van der Waals surface area contributed by atoms with Crippen LogP contribution in [0.15, 0.2) is 24.8 Å². The predicted octanol–water partition coefficient (Wildman–Crippen LogP) is 3.07. The zero-order valence-corrected chi connectivity index (χ0v) is 16.2. The second kappa shape index (κ2) is 6.82. The number of nitriles is 1. The van der Waals surface area contributed by atoms with E-state index in [-0.39, 0.29) is 11.6 Å². The number of imidazole rings is 1. The van der Waals surface area contributed by atoms with Gasteiger partial charge in [0, 0.05) is 30.2 Å². The summed E-state index contributed by atoms with van der Waals surface area (Å²) < 4.78 is 2.14. The highest BCUT2D eigenvalue weighted by Gasteiger charge is 2.38. The average molecular weight is 379 g/mol. The largest absolute Gasteiger partial charge is 0.346 e. The summed E-state index contributed by atoms with van der Waals surface area (Å²) >= 11 is 0. The van der Waals surface area contributed by atoms with Gasteiger partial charge in [-0.05, 0) is 45.6 Å². The lowest BCUT2D eigenvalue weighted by atomic mass is 9.74. The van der Waals surface area contributed by atoms with Crippen LogP contribution in [-0.4, -0.2) is 37.6 Å². The van der Waals surface area contributed by atoms with Crippen molar-refractivity contribution in [1.29, 1.82) is 5.26 Å². The summed E-state index contributed by atoms with van der Waals surface area (Å²) in [5, 5.41) is 16.1. The number of aryl methyl sites for hydroxylation is 1. The monoisotopic (exact) mass is 379 g/mol. The van der Waals surface area contributed by atoms with E-state index in [4.69, 9.17) is 5.26 Å². The third-order valence-corrected chi connectivity index (χ3v) is 5.68. The first kappa shape index (κ1) is 18.3. The van der Waals surface area contributed by atoms with Gasteiger partial charge in [0.1, 0.15) is 11.2 Å². The molecular weight excluding hydrogens is 354 g/mol. The van der Waals surface area contributed by atoms with E-state index in [1.54, 1.807) is 6.20 Å². The van der Waals surface area contributed by atoms with Crippen LogP contribution in [0.3, 0.4) is 0 Å². The van der Waals surface area contributed by atoms with Gasteiger partial charge >= 0.3 is 6.03 Å². The van der Waals surface area contributed by atoms with Crippen LogP contribution in [0.4, 0.5) is 4.79 Å². The number of nitrogens with zero attached hydrogens (tertiary/aromatic N) is 4. The fraction of sp³-hybridized carbons (Fsp3) is 0.500. The number of hydrogen-bond acceptors (Lipinski definition) is 4. The van der Waals surface area contributed by atoms with Gasteiger partial charge in [-0.1, -0.05) is 0 Å². The number of aromatic amines is 1. The molecule has 0 saturated heterocycles. The fourth-order valence-electron chi connectivity index (χ4n) is 3.74.